The lowest BCUT2D eigenvalue weighted by atomic mass is 9.98. The lowest BCUT2D eigenvalue weighted by Crippen LogP contribution is -2.34. The fraction of sp³-hybridized carbons (Fsp3) is 0.933. The van der Waals surface area contributed by atoms with Crippen molar-refractivity contribution in [2.75, 3.05) is 18.8 Å². The summed E-state index contributed by atoms with van der Waals surface area (Å²) in [6, 6.07) is 0.218. The van der Waals surface area contributed by atoms with Crippen molar-refractivity contribution < 1.29 is 13.2 Å². The van der Waals surface area contributed by atoms with Crippen molar-refractivity contribution in [2.24, 2.45) is 17.6 Å². The molecule has 2 saturated carbocycles. The first-order valence-corrected chi connectivity index (χ1v) is 9.94. The topological polar surface area (TPSA) is 80.5 Å². The molecule has 2 aliphatic carbocycles. The van der Waals surface area contributed by atoms with E-state index >= 15 is 0 Å². The molecule has 0 bridgehead atoms. The number of hydrogen-bond acceptors (Lipinski definition) is 4. The Morgan fingerprint density at radius 3 is 2.48 bits per heavy atom. The molecule has 3 rings (SSSR count). The maximum absolute atomic E-state index is 12.3. The highest BCUT2D eigenvalue weighted by atomic mass is 32.2. The number of sulfone groups is 1. The third kappa shape index (κ3) is 3.11. The normalized spacial score (nSPS) is 33.6. The van der Waals surface area contributed by atoms with Crippen LogP contribution in [0.25, 0.3) is 0 Å². The van der Waals surface area contributed by atoms with Crippen LogP contribution in [0.15, 0.2) is 0 Å². The van der Waals surface area contributed by atoms with Crippen LogP contribution in [0.1, 0.15) is 44.9 Å². The molecule has 5 nitrogen and oxygen atoms in total. The fourth-order valence-electron chi connectivity index (χ4n) is 4.31. The molecular weight excluding hydrogens is 288 g/mol. The molecule has 1 aliphatic heterocycles. The predicted octanol–water partition coefficient (Wildman–Crippen LogP) is 0.930. The average Bonchev–Trinajstić information content (AvgIpc) is 3.14. The molecule has 2 N–H and O–H groups in total. The van der Waals surface area contributed by atoms with Crippen LogP contribution in [0, 0.1) is 11.8 Å². The Balaban J connectivity index is 1.51. The summed E-state index contributed by atoms with van der Waals surface area (Å²) in [4.78, 5) is 14.1. The van der Waals surface area contributed by atoms with Crippen LogP contribution in [0.3, 0.4) is 0 Å². The van der Waals surface area contributed by atoms with Gasteiger partial charge in [0.25, 0.3) is 0 Å². The Labute approximate surface area is 127 Å². The number of fused-ring (bicyclic) bond motifs is 1. The lowest BCUT2D eigenvalue weighted by molar-refractivity contribution is -0.130. The maximum atomic E-state index is 12.3. The summed E-state index contributed by atoms with van der Waals surface area (Å²) in [5.41, 5.74) is 6.07. The summed E-state index contributed by atoms with van der Waals surface area (Å²) >= 11 is 0. The Hall–Kier alpha value is -0.620. The van der Waals surface area contributed by atoms with Gasteiger partial charge in [0, 0.05) is 25.6 Å². The molecule has 0 aromatic heterocycles. The van der Waals surface area contributed by atoms with Crippen molar-refractivity contribution in [3.8, 4) is 0 Å². The van der Waals surface area contributed by atoms with E-state index in [-0.39, 0.29) is 29.4 Å². The van der Waals surface area contributed by atoms with Crippen LogP contribution in [0.5, 0.6) is 0 Å². The highest BCUT2D eigenvalue weighted by Crippen LogP contribution is 2.37. The lowest BCUT2D eigenvalue weighted by Gasteiger charge is -2.19. The van der Waals surface area contributed by atoms with E-state index < -0.39 is 9.84 Å². The fourth-order valence-corrected chi connectivity index (χ4v) is 6.16. The first-order valence-electron chi connectivity index (χ1n) is 8.22. The maximum Gasteiger partial charge on any atom is 0.223 e. The standard InChI is InChI=1S/C15H26N2O3S/c16-14-6-5-11-9-17(10-13(11)14)15(18)7-8-21(19,20)12-3-1-2-4-12/h11-14H,1-10,16H2. The first kappa shape index (κ1) is 15.3. The summed E-state index contributed by atoms with van der Waals surface area (Å²) in [7, 11) is -3.09. The number of carbonyl (C=O) groups excluding carboxylic acids is 1. The molecule has 0 aromatic carbocycles. The zero-order valence-corrected chi connectivity index (χ0v) is 13.4. The van der Waals surface area contributed by atoms with Gasteiger partial charge in [-0.25, -0.2) is 8.42 Å². The number of nitrogens with two attached hydrogens (primary N) is 1. The number of carbonyl (C=O) groups is 1. The molecule has 1 heterocycles. The van der Waals surface area contributed by atoms with E-state index in [1.165, 1.54) is 0 Å². The minimum absolute atomic E-state index is 0.00169. The SMILES string of the molecule is NC1CCC2CN(C(=O)CCS(=O)(=O)C3CCCC3)CC12. The second kappa shape index (κ2) is 5.88. The van der Waals surface area contributed by atoms with Gasteiger partial charge in [0.2, 0.25) is 5.91 Å². The monoisotopic (exact) mass is 314 g/mol. The van der Waals surface area contributed by atoms with Crippen molar-refractivity contribution in [3.63, 3.8) is 0 Å². The second-order valence-electron chi connectivity index (χ2n) is 6.99. The van der Waals surface area contributed by atoms with Crippen molar-refractivity contribution >= 4 is 15.7 Å². The van der Waals surface area contributed by atoms with Crippen molar-refractivity contribution in [1.82, 2.24) is 4.90 Å². The molecule has 120 valence electrons. The van der Waals surface area contributed by atoms with Gasteiger partial charge in [-0.05, 0) is 37.5 Å². The van der Waals surface area contributed by atoms with E-state index in [4.69, 9.17) is 5.73 Å². The van der Waals surface area contributed by atoms with Gasteiger partial charge in [-0.2, -0.15) is 0 Å². The highest BCUT2D eigenvalue weighted by molar-refractivity contribution is 7.92. The van der Waals surface area contributed by atoms with Gasteiger partial charge in [0.1, 0.15) is 0 Å². The minimum atomic E-state index is -3.09. The molecule has 3 fully saturated rings. The van der Waals surface area contributed by atoms with Crippen molar-refractivity contribution in [3.05, 3.63) is 0 Å². The molecule has 3 atom stereocenters. The Bertz CT molecular complexity index is 499. The quantitative estimate of drug-likeness (QED) is 0.837. The van der Waals surface area contributed by atoms with Crippen LogP contribution in [0.4, 0.5) is 0 Å². The second-order valence-corrected chi connectivity index (χ2v) is 9.39. The van der Waals surface area contributed by atoms with Gasteiger partial charge in [0.15, 0.2) is 9.84 Å². The molecule has 0 spiro atoms. The number of rotatable bonds is 4. The van der Waals surface area contributed by atoms with Crippen LogP contribution in [-0.2, 0) is 14.6 Å². The van der Waals surface area contributed by atoms with Gasteiger partial charge in [-0.3, -0.25) is 4.79 Å². The van der Waals surface area contributed by atoms with Gasteiger partial charge >= 0.3 is 0 Å². The van der Waals surface area contributed by atoms with E-state index in [1.54, 1.807) is 0 Å². The number of amides is 1. The summed E-state index contributed by atoms with van der Waals surface area (Å²) in [6.45, 7) is 1.51. The highest BCUT2D eigenvalue weighted by Gasteiger charge is 2.42. The third-order valence-electron chi connectivity index (χ3n) is 5.68. The van der Waals surface area contributed by atoms with E-state index in [1.807, 2.05) is 4.90 Å². The smallest absolute Gasteiger partial charge is 0.223 e. The largest absolute Gasteiger partial charge is 0.342 e. The number of likely N-dealkylation sites (tertiary alicyclic amines) is 1. The molecule has 21 heavy (non-hydrogen) atoms. The van der Waals surface area contributed by atoms with Gasteiger partial charge in [-0.1, -0.05) is 12.8 Å². The summed E-state index contributed by atoms with van der Waals surface area (Å²) in [5.74, 6) is 0.989. The molecule has 3 unspecified atom stereocenters. The van der Waals surface area contributed by atoms with Crippen molar-refractivity contribution in [1.29, 1.82) is 0 Å². The van der Waals surface area contributed by atoms with Crippen molar-refractivity contribution in [2.45, 2.75) is 56.2 Å². The average molecular weight is 314 g/mol. The van der Waals surface area contributed by atoms with E-state index in [2.05, 4.69) is 0 Å². The molecular formula is C15H26N2O3S. The Morgan fingerprint density at radius 2 is 1.81 bits per heavy atom. The summed E-state index contributed by atoms with van der Waals surface area (Å²) < 4.78 is 24.4. The Kier molecular flexibility index (Phi) is 4.28. The summed E-state index contributed by atoms with van der Waals surface area (Å²) in [6.07, 6.45) is 5.88. The third-order valence-corrected chi connectivity index (χ3v) is 7.94. The molecule has 0 radical (unpaired) electrons. The molecule has 3 aliphatic rings. The molecule has 0 aromatic rings. The molecule has 1 saturated heterocycles. The van der Waals surface area contributed by atoms with Gasteiger partial charge in [-0.15, -0.1) is 0 Å². The van der Waals surface area contributed by atoms with Crippen LogP contribution in [0.2, 0.25) is 0 Å². The molecule has 6 heteroatoms. The van der Waals surface area contributed by atoms with Crippen LogP contribution >= 0.6 is 0 Å². The first-order chi connectivity index (χ1) is 9.97. The zero-order chi connectivity index (χ0) is 15.0. The number of hydrogen-bond donors (Lipinski definition) is 1. The zero-order valence-electron chi connectivity index (χ0n) is 12.5. The Morgan fingerprint density at radius 1 is 1.10 bits per heavy atom. The van der Waals surface area contributed by atoms with Gasteiger partial charge in [0.05, 0.1) is 11.0 Å². The van der Waals surface area contributed by atoms with E-state index in [0.29, 0.717) is 11.8 Å². The van der Waals surface area contributed by atoms with E-state index in [0.717, 1.165) is 51.6 Å². The summed E-state index contributed by atoms with van der Waals surface area (Å²) in [5, 5.41) is -0.198. The predicted molar refractivity (Wildman–Crippen MR) is 81.4 cm³/mol. The van der Waals surface area contributed by atoms with Crippen LogP contribution < -0.4 is 5.73 Å². The van der Waals surface area contributed by atoms with Crippen LogP contribution in [-0.4, -0.2) is 49.4 Å². The minimum Gasteiger partial charge on any atom is -0.342 e. The number of nitrogens with zero attached hydrogens (tertiary/aromatic N) is 1. The molecule has 1 amide bonds. The van der Waals surface area contributed by atoms with Gasteiger partial charge < -0.3 is 10.6 Å². The van der Waals surface area contributed by atoms with E-state index in [9.17, 15) is 13.2 Å².